The lowest BCUT2D eigenvalue weighted by Crippen LogP contribution is -2.38. The molecular weight excluding hydrogens is 384 g/mol. The van der Waals surface area contributed by atoms with Crippen molar-refractivity contribution in [2.45, 2.75) is 52.6 Å². The number of nitrogens with zero attached hydrogens (tertiary/aromatic N) is 1. The van der Waals surface area contributed by atoms with Gasteiger partial charge in [-0.1, -0.05) is 6.07 Å². The van der Waals surface area contributed by atoms with E-state index in [4.69, 9.17) is 14.2 Å². The Morgan fingerprint density at radius 3 is 2.33 bits per heavy atom. The van der Waals surface area contributed by atoms with E-state index in [9.17, 15) is 4.79 Å². The van der Waals surface area contributed by atoms with E-state index in [0.29, 0.717) is 13.1 Å². The minimum atomic E-state index is -0.485. The maximum Gasteiger partial charge on any atom is 0.407 e. The molecule has 0 fully saturated rings. The highest BCUT2D eigenvalue weighted by Crippen LogP contribution is 2.27. The molecule has 0 saturated heterocycles. The number of aryl methyl sites for hydroxylation is 1. The number of aliphatic imine (C=N–C) groups is 1. The van der Waals surface area contributed by atoms with Crippen LogP contribution in [0.1, 0.15) is 46.1 Å². The third-order valence-electron chi connectivity index (χ3n) is 4.00. The Morgan fingerprint density at radius 2 is 1.70 bits per heavy atom. The van der Waals surface area contributed by atoms with Gasteiger partial charge in [0, 0.05) is 26.2 Å². The lowest BCUT2D eigenvalue weighted by molar-refractivity contribution is 0.0527. The fourth-order valence-electron chi connectivity index (χ4n) is 2.65. The van der Waals surface area contributed by atoms with Crippen LogP contribution in [-0.2, 0) is 11.2 Å². The van der Waals surface area contributed by atoms with Crippen LogP contribution in [0.5, 0.6) is 11.5 Å². The number of nitrogens with one attached hydrogen (secondary N) is 3. The molecule has 170 valence electrons. The Labute approximate surface area is 180 Å². The SMILES string of the molecule is CCNC(=NCCCNC(=O)OC(C)(C)C)NCCCc1ccc(OC)c(OC)c1. The summed E-state index contributed by atoms with van der Waals surface area (Å²) in [5.74, 6) is 2.27. The van der Waals surface area contributed by atoms with Gasteiger partial charge < -0.3 is 30.2 Å². The van der Waals surface area contributed by atoms with Crippen molar-refractivity contribution in [2.24, 2.45) is 4.99 Å². The van der Waals surface area contributed by atoms with E-state index >= 15 is 0 Å². The summed E-state index contributed by atoms with van der Waals surface area (Å²) in [7, 11) is 3.28. The number of benzene rings is 1. The van der Waals surface area contributed by atoms with Gasteiger partial charge in [-0.3, -0.25) is 4.99 Å². The predicted octanol–water partition coefficient (Wildman–Crippen LogP) is 3.11. The molecule has 3 N–H and O–H groups in total. The summed E-state index contributed by atoms with van der Waals surface area (Å²) in [6, 6.07) is 5.99. The highest BCUT2D eigenvalue weighted by molar-refractivity contribution is 5.79. The van der Waals surface area contributed by atoms with Gasteiger partial charge in [0.2, 0.25) is 0 Å². The highest BCUT2D eigenvalue weighted by atomic mass is 16.6. The molecule has 0 unspecified atom stereocenters. The average molecular weight is 423 g/mol. The van der Waals surface area contributed by atoms with Crippen LogP contribution in [0, 0.1) is 0 Å². The van der Waals surface area contributed by atoms with Gasteiger partial charge in [-0.2, -0.15) is 0 Å². The quantitative estimate of drug-likeness (QED) is 0.288. The van der Waals surface area contributed by atoms with Crippen LogP contribution in [0.15, 0.2) is 23.2 Å². The van der Waals surface area contributed by atoms with Gasteiger partial charge in [-0.15, -0.1) is 0 Å². The number of guanidine groups is 1. The van der Waals surface area contributed by atoms with Gasteiger partial charge in [0.05, 0.1) is 14.2 Å². The molecule has 0 radical (unpaired) electrons. The maximum absolute atomic E-state index is 11.6. The Morgan fingerprint density at radius 1 is 1.00 bits per heavy atom. The molecule has 8 heteroatoms. The molecule has 0 aromatic heterocycles. The van der Waals surface area contributed by atoms with E-state index in [2.05, 4.69) is 27.0 Å². The molecule has 0 spiro atoms. The monoisotopic (exact) mass is 422 g/mol. The zero-order chi connectivity index (χ0) is 22.4. The molecule has 0 aliphatic heterocycles. The van der Waals surface area contributed by atoms with Crippen LogP contribution in [0.3, 0.4) is 0 Å². The minimum absolute atomic E-state index is 0.397. The third-order valence-corrected chi connectivity index (χ3v) is 4.00. The predicted molar refractivity (Wildman–Crippen MR) is 121 cm³/mol. The summed E-state index contributed by atoms with van der Waals surface area (Å²) in [4.78, 5) is 16.2. The fourth-order valence-corrected chi connectivity index (χ4v) is 2.65. The van der Waals surface area contributed by atoms with Crippen LogP contribution in [0.25, 0.3) is 0 Å². The number of carbonyl (C=O) groups excluding carboxylic acids is 1. The summed E-state index contributed by atoms with van der Waals surface area (Å²) in [5, 5.41) is 9.32. The fraction of sp³-hybridized carbons (Fsp3) is 0.636. The first kappa shape index (κ1) is 25.4. The van der Waals surface area contributed by atoms with Gasteiger partial charge in [0.25, 0.3) is 0 Å². The smallest absolute Gasteiger partial charge is 0.407 e. The van der Waals surface area contributed by atoms with Crippen molar-refractivity contribution in [3.63, 3.8) is 0 Å². The molecule has 0 aliphatic rings. The van der Waals surface area contributed by atoms with Crippen molar-refractivity contribution in [1.82, 2.24) is 16.0 Å². The molecule has 30 heavy (non-hydrogen) atoms. The number of methoxy groups -OCH3 is 2. The van der Waals surface area contributed by atoms with E-state index in [-0.39, 0.29) is 0 Å². The molecule has 1 rings (SSSR count). The lowest BCUT2D eigenvalue weighted by Gasteiger charge is -2.19. The van der Waals surface area contributed by atoms with Crippen molar-refractivity contribution in [3.8, 4) is 11.5 Å². The molecule has 1 aromatic rings. The van der Waals surface area contributed by atoms with Crippen molar-refractivity contribution in [2.75, 3.05) is 40.4 Å². The third kappa shape index (κ3) is 10.8. The maximum atomic E-state index is 11.6. The van der Waals surface area contributed by atoms with Gasteiger partial charge in [-0.05, 0) is 64.7 Å². The normalized spacial score (nSPS) is 11.6. The molecule has 0 aliphatic carbocycles. The van der Waals surface area contributed by atoms with Gasteiger partial charge in [0.15, 0.2) is 17.5 Å². The number of carbonyl (C=O) groups is 1. The summed E-state index contributed by atoms with van der Waals surface area (Å²) in [6.07, 6.45) is 2.22. The zero-order valence-corrected chi connectivity index (χ0v) is 19.3. The van der Waals surface area contributed by atoms with Crippen molar-refractivity contribution in [3.05, 3.63) is 23.8 Å². The molecular formula is C22H38N4O4. The van der Waals surface area contributed by atoms with E-state index in [1.54, 1.807) is 14.2 Å². The minimum Gasteiger partial charge on any atom is -0.493 e. The van der Waals surface area contributed by atoms with Crippen LogP contribution < -0.4 is 25.4 Å². The lowest BCUT2D eigenvalue weighted by atomic mass is 10.1. The first-order valence-electron chi connectivity index (χ1n) is 10.5. The van der Waals surface area contributed by atoms with Crippen molar-refractivity contribution >= 4 is 12.1 Å². The summed E-state index contributed by atoms with van der Waals surface area (Å²) >= 11 is 0. The number of hydrogen-bond donors (Lipinski definition) is 3. The topological polar surface area (TPSA) is 93.2 Å². The van der Waals surface area contributed by atoms with E-state index < -0.39 is 11.7 Å². The molecule has 1 amide bonds. The Hall–Kier alpha value is -2.64. The zero-order valence-electron chi connectivity index (χ0n) is 19.3. The summed E-state index contributed by atoms with van der Waals surface area (Å²) in [6.45, 7) is 10.3. The molecule has 0 bridgehead atoms. The van der Waals surface area contributed by atoms with Crippen LogP contribution in [0.2, 0.25) is 0 Å². The Kier molecular flexibility index (Phi) is 11.5. The van der Waals surface area contributed by atoms with Gasteiger partial charge in [-0.25, -0.2) is 4.79 Å². The average Bonchev–Trinajstić information content (AvgIpc) is 2.69. The van der Waals surface area contributed by atoms with Crippen LogP contribution in [0.4, 0.5) is 4.79 Å². The first-order chi connectivity index (χ1) is 14.3. The standard InChI is InChI=1S/C22H38N4O4/c1-7-23-20(25-14-9-15-26-21(27)30-22(2,3)4)24-13-8-10-17-11-12-18(28-5)19(16-17)29-6/h11-12,16H,7-10,13-15H2,1-6H3,(H,26,27)(H2,23,24,25). The van der Waals surface area contributed by atoms with Gasteiger partial charge in [0.1, 0.15) is 5.60 Å². The van der Waals surface area contributed by atoms with E-state index in [0.717, 1.165) is 49.8 Å². The highest BCUT2D eigenvalue weighted by Gasteiger charge is 2.15. The Bertz CT molecular complexity index is 672. The number of amides is 1. The summed E-state index contributed by atoms with van der Waals surface area (Å²) < 4.78 is 15.8. The Balaban J connectivity index is 2.33. The first-order valence-corrected chi connectivity index (χ1v) is 10.5. The summed E-state index contributed by atoms with van der Waals surface area (Å²) in [5.41, 5.74) is 0.714. The number of hydrogen-bond acceptors (Lipinski definition) is 5. The van der Waals surface area contributed by atoms with E-state index in [1.807, 2.05) is 39.8 Å². The van der Waals surface area contributed by atoms with Crippen LogP contribution in [-0.4, -0.2) is 58.1 Å². The molecule has 8 nitrogen and oxygen atoms in total. The largest absolute Gasteiger partial charge is 0.493 e. The number of rotatable bonds is 11. The van der Waals surface area contributed by atoms with Crippen LogP contribution >= 0.6 is 0 Å². The number of alkyl carbamates (subject to hydrolysis) is 1. The van der Waals surface area contributed by atoms with Gasteiger partial charge >= 0.3 is 6.09 Å². The molecule has 0 saturated carbocycles. The van der Waals surface area contributed by atoms with E-state index in [1.165, 1.54) is 5.56 Å². The molecule has 1 aromatic carbocycles. The second-order valence-corrected chi connectivity index (χ2v) is 7.76. The second-order valence-electron chi connectivity index (χ2n) is 7.76. The van der Waals surface area contributed by atoms with Crippen molar-refractivity contribution in [1.29, 1.82) is 0 Å². The molecule has 0 atom stereocenters. The second kappa shape index (κ2) is 13.6. The molecule has 0 heterocycles. The van der Waals surface area contributed by atoms with Crippen molar-refractivity contribution < 1.29 is 19.0 Å². The number of ether oxygens (including phenoxy) is 3.